The number of nitrogens with two attached hydrogens (primary N) is 1. The van der Waals surface area contributed by atoms with Crippen molar-refractivity contribution in [2.75, 3.05) is 10.0 Å². The number of anilines is 2. The number of unbranched alkanes of at least 4 members (excludes halogenated alkanes) is 1. The number of carbonyl (C=O) groups is 1. The number of sulfonamides is 1. The molecule has 9 nitrogen and oxygen atoms in total. The molecular formula is C24H21F3N6O3S. The zero-order valence-corrected chi connectivity index (χ0v) is 20.3. The fourth-order valence-corrected chi connectivity index (χ4v) is 4.50. The van der Waals surface area contributed by atoms with E-state index in [4.69, 9.17) is 5.73 Å². The largest absolute Gasteiger partial charge is 0.517 e. The van der Waals surface area contributed by atoms with Crippen molar-refractivity contribution in [3.8, 4) is 12.1 Å². The van der Waals surface area contributed by atoms with E-state index in [2.05, 4.69) is 4.98 Å². The first kappa shape index (κ1) is 27.2. The van der Waals surface area contributed by atoms with Gasteiger partial charge in [-0.3, -0.25) is 4.79 Å². The van der Waals surface area contributed by atoms with Crippen LogP contribution in [0.2, 0.25) is 0 Å². The molecule has 0 aliphatic rings. The maximum Gasteiger partial charge on any atom is 0.517 e. The zero-order valence-electron chi connectivity index (χ0n) is 19.5. The van der Waals surface area contributed by atoms with Crippen molar-refractivity contribution < 1.29 is 26.4 Å². The van der Waals surface area contributed by atoms with Gasteiger partial charge >= 0.3 is 15.5 Å². The van der Waals surface area contributed by atoms with Crippen molar-refractivity contribution in [1.29, 1.82) is 10.5 Å². The number of aromatic nitrogens is 2. The van der Waals surface area contributed by atoms with E-state index in [-0.39, 0.29) is 27.9 Å². The number of aryl methyl sites for hydroxylation is 1. The molecule has 2 aromatic carbocycles. The Bertz CT molecular complexity index is 1500. The molecule has 0 atom stereocenters. The Kier molecular flexibility index (Phi) is 7.89. The molecule has 1 amide bonds. The van der Waals surface area contributed by atoms with Gasteiger partial charge in [0.05, 0.1) is 17.8 Å². The molecule has 0 spiro atoms. The Hall–Kier alpha value is -4.36. The Morgan fingerprint density at radius 1 is 1.11 bits per heavy atom. The number of halogens is 3. The highest BCUT2D eigenvalue weighted by Crippen LogP contribution is 2.33. The minimum Gasteiger partial charge on any atom is -0.398 e. The molecule has 0 radical (unpaired) electrons. The van der Waals surface area contributed by atoms with Gasteiger partial charge < -0.3 is 10.3 Å². The van der Waals surface area contributed by atoms with Gasteiger partial charge in [0.1, 0.15) is 18.0 Å². The van der Waals surface area contributed by atoms with Crippen LogP contribution < -0.4 is 10.0 Å². The number of imidazole rings is 1. The summed E-state index contributed by atoms with van der Waals surface area (Å²) < 4.78 is 66.5. The maximum atomic E-state index is 13.5. The van der Waals surface area contributed by atoms with Crippen LogP contribution in [0.3, 0.4) is 0 Å². The zero-order chi connectivity index (χ0) is 27.4. The number of hydrogen-bond acceptors (Lipinski definition) is 7. The molecule has 13 heteroatoms. The number of nitriles is 2. The van der Waals surface area contributed by atoms with Crippen LogP contribution in [0.15, 0.2) is 48.5 Å². The van der Waals surface area contributed by atoms with Gasteiger partial charge in [0, 0.05) is 12.1 Å². The molecule has 0 saturated heterocycles. The summed E-state index contributed by atoms with van der Waals surface area (Å²) in [6.45, 7) is 2.01. The van der Waals surface area contributed by atoms with Gasteiger partial charge in [0.15, 0.2) is 11.4 Å². The minimum atomic E-state index is -6.12. The number of alkyl halides is 3. The van der Waals surface area contributed by atoms with Gasteiger partial charge in [-0.1, -0.05) is 37.6 Å². The number of nitrogen functional groups attached to an aromatic ring is 1. The van der Waals surface area contributed by atoms with Crippen molar-refractivity contribution in [2.45, 2.75) is 38.2 Å². The third kappa shape index (κ3) is 5.42. The van der Waals surface area contributed by atoms with Gasteiger partial charge in [0.2, 0.25) is 0 Å². The van der Waals surface area contributed by atoms with Crippen molar-refractivity contribution in [3.05, 3.63) is 76.9 Å². The summed E-state index contributed by atoms with van der Waals surface area (Å²) in [6.07, 6.45) is 2.09. The SMILES string of the molecule is CCCCc1nc(C#N)c(C#N)n1Cc1ccc(N(C(=O)c2ccccc2N)S(=O)(=O)C(F)(F)F)cc1. The van der Waals surface area contributed by atoms with Crippen LogP contribution in [0.1, 0.15) is 52.9 Å². The summed E-state index contributed by atoms with van der Waals surface area (Å²) in [4.78, 5) is 17.2. The summed E-state index contributed by atoms with van der Waals surface area (Å²) in [6, 6.07) is 13.7. The van der Waals surface area contributed by atoms with Crippen LogP contribution in [0, 0.1) is 22.7 Å². The lowest BCUT2D eigenvalue weighted by Crippen LogP contribution is -2.44. The first-order valence-electron chi connectivity index (χ1n) is 10.9. The number of benzene rings is 2. The minimum absolute atomic E-state index is 0.0358. The molecule has 3 aromatic rings. The monoisotopic (exact) mass is 530 g/mol. The molecule has 0 aliphatic heterocycles. The molecule has 0 fully saturated rings. The second-order valence-electron chi connectivity index (χ2n) is 7.91. The lowest BCUT2D eigenvalue weighted by molar-refractivity contribution is -0.0437. The Morgan fingerprint density at radius 2 is 1.76 bits per heavy atom. The van der Waals surface area contributed by atoms with Crippen molar-refractivity contribution in [1.82, 2.24) is 9.55 Å². The molecule has 1 aromatic heterocycles. The molecule has 2 N–H and O–H groups in total. The number of amides is 1. The van der Waals surface area contributed by atoms with E-state index in [1.165, 1.54) is 34.9 Å². The lowest BCUT2D eigenvalue weighted by Gasteiger charge is -2.24. The summed E-state index contributed by atoms with van der Waals surface area (Å²) in [5, 5.41) is 18.8. The molecule has 192 valence electrons. The lowest BCUT2D eigenvalue weighted by atomic mass is 10.1. The molecule has 0 aliphatic carbocycles. The van der Waals surface area contributed by atoms with Crippen molar-refractivity contribution in [3.63, 3.8) is 0 Å². The van der Waals surface area contributed by atoms with Gasteiger partial charge in [0.25, 0.3) is 5.91 Å². The molecule has 1 heterocycles. The first-order valence-corrected chi connectivity index (χ1v) is 12.4. The fraction of sp³-hybridized carbons (Fsp3) is 0.250. The quantitative estimate of drug-likeness (QED) is 0.432. The van der Waals surface area contributed by atoms with Crippen LogP contribution in [-0.2, 0) is 23.0 Å². The Balaban J connectivity index is 2.05. The van der Waals surface area contributed by atoms with Crippen molar-refractivity contribution in [2.24, 2.45) is 0 Å². The smallest absolute Gasteiger partial charge is 0.398 e. The third-order valence-corrected chi connectivity index (χ3v) is 6.87. The van der Waals surface area contributed by atoms with E-state index < -0.39 is 32.7 Å². The van der Waals surface area contributed by atoms with E-state index in [1.54, 1.807) is 0 Å². The highest BCUT2D eigenvalue weighted by atomic mass is 32.2. The normalized spacial score (nSPS) is 11.5. The van der Waals surface area contributed by atoms with E-state index in [0.717, 1.165) is 31.0 Å². The second-order valence-corrected chi connectivity index (χ2v) is 9.69. The number of nitrogens with zero attached hydrogens (tertiary/aromatic N) is 5. The highest BCUT2D eigenvalue weighted by molar-refractivity contribution is 7.94. The van der Waals surface area contributed by atoms with Crippen LogP contribution in [0.5, 0.6) is 0 Å². The van der Waals surface area contributed by atoms with E-state index in [1.807, 2.05) is 19.1 Å². The third-order valence-electron chi connectivity index (χ3n) is 5.43. The summed E-state index contributed by atoms with van der Waals surface area (Å²) in [5.41, 5.74) is -0.748. The average Bonchev–Trinajstić information content (AvgIpc) is 3.19. The van der Waals surface area contributed by atoms with Gasteiger partial charge in [-0.25, -0.2) is 4.98 Å². The van der Waals surface area contributed by atoms with Crippen LogP contribution >= 0.6 is 0 Å². The predicted molar refractivity (Wildman–Crippen MR) is 128 cm³/mol. The second kappa shape index (κ2) is 10.7. The summed E-state index contributed by atoms with van der Waals surface area (Å²) in [5.74, 6) is -0.972. The molecular weight excluding hydrogens is 509 g/mol. The standard InChI is InChI=1S/C24H21F3N6O3S/c1-2-3-8-22-31-20(13-28)21(14-29)32(22)15-16-9-11-17(12-10-16)33(37(35,36)24(25,26)27)23(34)18-6-4-5-7-19(18)30/h4-7,9-12H,2-3,8,15,30H2,1H3. The van der Waals surface area contributed by atoms with Crippen LogP contribution in [0.25, 0.3) is 0 Å². The molecule has 37 heavy (non-hydrogen) atoms. The Labute approximate surface area is 211 Å². The molecule has 3 rings (SSSR count). The van der Waals surface area contributed by atoms with E-state index >= 15 is 0 Å². The predicted octanol–water partition coefficient (Wildman–Crippen LogP) is 4.10. The molecule has 0 saturated carbocycles. The van der Waals surface area contributed by atoms with Gasteiger partial charge in [-0.15, -0.1) is 0 Å². The number of rotatable bonds is 8. The fourth-order valence-electron chi connectivity index (χ4n) is 3.58. The number of hydrogen-bond donors (Lipinski definition) is 1. The first-order chi connectivity index (χ1) is 17.5. The van der Waals surface area contributed by atoms with Gasteiger partial charge in [-0.05, 0) is 36.2 Å². The van der Waals surface area contributed by atoms with Crippen LogP contribution in [0.4, 0.5) is 24.5 Å². The van der Waals surface area contributed by atoms with Gasteiger partial charge in [-0.2, -0.15) is 36.4 Å². The topological polar surface area (TPSA) is 146 Å². The number of carbonyl (C=O) groups excluding carboxylic acids is 1. The summed E-state index contributed by atoms with van der Waals surface area (Å²) >= 11 is 0. The van der Waals surface area contributed by atoms with Crippen molar-refractivity contribution >= 4 is 27.3 Å². The van der Waals surface area contributed by atoms with E-state index in [9.17, 15) is 36.9 Å². The van der Waals surface area contributed by atoms with E-state index in [0.29, 0.717) is 17.8 Å². The highest BCUT2D eigenvalue weighted by Gasteiger charge is 2.52. The maximum absolute atomic E-state index is 13.5. The number of para-hydroxylation sites is 1. The summed E-state index contributed by atoms with van der Waals surface area (Å²) in [7, 11) is -6.12. The molecule has 0 unspecified atom stereocenters. The van der Waals surface area contributed by atoms with Crippen LogP contribution in [-0.4, -0.2) is 29.4 Å². The average molecular weight is 531 g/mol. The Morgan fingerprint density at radius 3 is 2.30 bits per heavy atom. The molecule has 0 bridgehead atoms.